The van der Waals surface area contributed by atoms with Crippen LogP contribution in [0.4, 0.5) is 0 Å². The Hall–Kier alpha value is -3.81. The molecule has 3 heterocycles. The molecule has 170 valence electrons. The largest absolute Gasteiger partial charge is 0.361 e. The van der Waals surface area contributed by atoms with Crippen LogP contribution in [0.3, 0.4) is 0 Å². The van der Waals surface area contributed by atoms with Crippen molar-refractivity contribution in [1.82, 2.24) is 24.8 Å². The van der Waals surface area contributed by atoms with Crippen LogP contribution in [0.1, 0.15) is 31.4 Å². The number of carbonyl (C=O) groups is 2. The highest BCUT2D eigenvalue weighted by molar-refractivity contribution is 5.89. The third-order valence-electron chi connectivity index (χ3n) is 6.54. The summed E-state index contributed by atoms with van der Waals surface area (Å²) in [6, 6.07) is 15.0. The number of H-pyrrole nitrogens is 2. The summed E-state index contributed by atoms with van der Waals surface area (Å²) in [5, 5.41) is 3.90. The maximum absolute atomic E-state index is 13.4. The Kier molecular flexibility index (Phi) is 5.50. The zero-order chi connectivity index (χ0) is 22.9. The third kappa shape index (κ3) is 4.04. The number of hydrogen-bond acceptors (Lipinski definition) is 3. The van der Waals surface area contributed by atoms with Gasteiger partial charge in [-0.25, -0.2) is 4.79 Å². The number of imidazole rings is 1. The third-order valence-corrected chi connectivity index (χ3v) is 6.54. The Morgan fingerprint density at radius 3 is 2.52 bits per heavy atom. The van der Waals surface area contributed by atoms with Crippen molar-refractivity contribution >= 4 is 33.8 Å². The smallest absolute Gasteiger partial charge is 0.326 e. The van der Waals surface area contributed by atoms with E-state index in [-0.39, 0.29) is 23.5 Å². The molecule has 0 spiro atoms. The van der Waals surface area contributed by atoms with Crippen LogP contribution in [0.2, 0.25) is 0 Å². The molecule has 1 atom stereocenters. The van der Waals surface area contributed by atoms with Crippen LogP contribution in [-0.4, -0.2) is 50.4 Å². The summed E-state index contributed by atoms with van der Waals surface area (Å²) in [5.41, 5.74) is 3.61. The van der Waals surface area contributed by atoms with E-state index >= 15 is 0 Å². The van der Waals surface area contributed by atoms with E-state index < -0.39 is 6.04 Å². The van der Waals surface area contributed by atoms with E-state index in [9.17, 15) is 14.4 Å². The fourth-order valence-corrected chi connectivity index (χ4v) is 4.97. The summed E-state index contributed by atoms with van der Waals surface area (Å²) in [5.74, 6) is -0.311. The van der Waals surface area contributed by atoms with Gasteiger partial charge in [-0.2, -0.15) is 0 Å². The van der Waals surface area contributed by atoms with E-state index in [1.165, 1.54) is 6.92 Å². The maximum atomic E-state index is 13.4. The minimum Gasteiger partial charge on any atom is -0.361 e. The number of carbonyl (C=O) groups excluding carboxylic acids is 2. The van der Waals surface area contributed by atoms with E-state index in [1.54, 1.807) is 0 Å². The highest BCUT2D eigenvalue weighted by Gasteiger charge is 2.31. The highest BCUT2D eigenvalue weighted by Crippen LogP contribution is 2.26. The number of aromatic nitrogens is 3. The highest BCUT2D eigenvalue weighted by atomic mass is 16.2. The second-order valence-corrected chi connectivity index (χ2v) is 8.69. The first-order valence-electron chi connectivity index (χ1n) is 11.3. The van der Waals surface area contributed by atoms with Gasteiger partial charge in [0.05, 0.1) is 11.0 Å². The summed E-state index contributed by atoms with van der Waals surface area (Å²) >= 11 is 0. The van der Waals surface area contributed by atoms with E-state index in [4.69, 9.17) is 0 Å². The fourth-order valence-electron chi connectivity index (χ4n) is 4.97. The number of piperidine rings is 1. The molecule has 4 aromatic rings. The number of likely N-dealkylation sites (tertiary alicyclic amines) is 1. The van der Waals surface area contributed by atoms with E-state index in [0.717, 1.165) is 27.5 Å². The van der Waals surface area contributed by atoms with Crippen LogP contribution < -0.4 is 11.0 Å². The Labute approximate surface area is 190 Å². The second-order valence-electron chi connectivity index (χ2n) is 8.69. The zero-order valence-corrected chi connectivity index (χ0v) is 18.5. The number of amides is 2. The predicted molar refractivity (Wildman–Crippen MR) is 127 cm³/mol. The summed E-state index contributed by atoms with van der Waals surface area (Å²) in [6.45, 7) is 2.52. The van der Waals surface area contributed by atoms with E-state index in [2.05, 4.69) is 15.3 Å². The lowest BCUT2D eigenvalue weighted by Crippen LogP contribution is -2.51. The number of nitrogens with one attached hydrogen (secondary N) is 3. The molecular weight excluding hydrogens is 418 g/mol. The first kappa shape index (κ1) is 21.1. The molecule has 2 aromatic heterocycles. The Morgan fingerprint density at radius 2 is 1.76 bits per heavy atom. The van der Waals surface area contributed by atoms with Crippen molar-refractivity contribution in [2.45, 2.75) is 38.3 Å². The molecule has 1 fully saturated rings. The molecule has 1 aliphatic rings. The number of nitrogens with zero attached hydrogens (tertiary/aromatic N) is 2. The summed E-state index contributed by atoms with van der Waals surface area (Å²) in [4.78, 5) is 45.8. The van der Waals surface area contributed by atoms with Gasteiger partial charge in [0.15, 0.2) is 0 Å². The second kappa shape index (κ2) is 8.61. The molecule has 2 amide bonds. The average molecular weight is 446 g/mol. The Morgan fingerprint density at radius 1 is 1.06 bits per heavy atom. The maximum Gasteiger partial charge on any atom is 0.326 e. The van der Waals surface area contributed by atoms with E-state index in [1.807, 2.05) is 64.2 Å². The van der Waals surface area contributed by atoms with Crippen molar-refractivity contribution in [3.05, 3.63) is 70.8 Å². The predicted octanol–water partition coefficient (Wildman–Crippen LogP) is 2.72. The van der Waals surface area contributed by atoms with Crippen LogP contribution in [0.25, 0.3) is 21.9 Å². The van der Waals surface area contributed by atoms with Crippen molar-refractivity contribution in [3.63, 3.8) is 0 Å². The number of benzene rings is 2. The van der Waals surface area contributed by atoms with Crippen molar-refractivity contribution in [3.8, 4) is 0 Å². The molecule has 0 bridgehead atoms. The topological polar surface area (TPSA) is 103 Å². The van der Waals surface area contributed by atoms with Crippen LogP contribution >= 0.6 is 0 Å². The van der Waals surface area contributed by atoms with Gasteiger partial charge >= 0.3 is 5.69 Å². The fraction of sp³-hybridized carbons (Fsp3) is 0.320. The van der Waals surface area contributed by atoms with Gasteiger partial charge in [-0.3, -0.25) is 14.2 Å². The molecule has 0 radical (unpaired) electrons. The summed E-state index contributed by atoms with van der Waals surface area (Å²) in [6.07, 6.45) is 3.70. The van der Waals surface area contributed by atoms with Gasteiger partial charge in [-0.05, 0) is 36.6 Å². The van der Waals surface area contributed by atoms with Crippen molar-refractivity contribution < 1.29 is 9.59 Å². The van der Waals surface area contributed by atoms with Crippen molar-refractivity contribution in [2.24, 2.45) is 0 Å². The molecule has 2 aromatic carbocycles. The van der Waals surface area contributed by atoms with Gasteiger partial charge in [0.1, 0.15) is 6.04 Å². The number of para-hydroxylation sites is 3. The lowest BCUT2D eigenvalue weighted by Gasteiger charge is -2.34. The van der Waals surface area contributed by atoms with Gasteiger partial charge in [-0.1, -0.05) is 30.3 Å². The average Bonchev–Trinajstić information content (AvgIpc) is 3.38. The molecule has 8 nitrogen and oxygen atoms in total. The SMILES string of the molecule is CC(=O)N[C@@H](Cc1c[nH]c2ccccc12)C(=O)N1CCC(n2c(=O)[nH]c3ccccc32)CC1. The lowest BCUT2D eigenvalue weighted by atomic mass is 10.0. The quantitative estimate of drug-likeness (QED) is 0.440. The first-order chi connectivity index (χ1) is 16.0. The molecule has 5 rings (SSSR count). The molecule has 1 aliphatic heterocycles. The van der Waals surface area contributed by atoms with Crippen LogP contribution in [0.5, 0.6) is 0 Å². The van der Waals surface area contributed by atoms with Gasteiger partial charge in [0, 0.05) is 49.6 Å². The molecule has 0 aliphatic carbocycles. The van der Waals surface area contributed by atoms with E-state index in [0.29, 0.717) is 32.4 Å². The molecule has 0 unspecified atom stereocenters. The Bertz CT molecular complexity index is 1370. The molecule has 0 saturated carbocycles. The normalized spacial score (nSPS) is 15.7. The zero-order valence-electron chi connectivity index (χ0n) is 18.5. The summed E-state index contributed by atoms with van der Waals surface area (Å²) in [7, 11) is 0. The molecule has 1 saturated heterocycles. The van der Waals surface area contributed by atoms with Crippen LogP contribution in [0.15, 0.2) is 59.5 Å². The standard InChI is InChI=1S/C25H27N5O3/c1-16(31)27-22(14-17-15-26-20-7-3-2-6-19(17)20)24(32)29-12-10-18(11-13-29)30-23-9-5-4-8-21(23)28-25(30)33/h2-9,15,18,22,26H,10-14H2,1H3,(H,27,31)(H,28,33)/t22-/m0/s1. The minimum atomic E-state index is -0.630. The van der Waals surface area contributed by atoms with Gasteiger partial charge in [-0.15, -0.1) is 0 Å². The first-order valence-corrected chi connectivity index (χ1v) is 11.3. The van der Waals surface area contributed by atoms with Crippen molar-refractivity contribution in [2.75, 3.05) is 13.1 Å². The molecule has 3 N–H and O–H groups in total. The number of aromatic amines is 2. The monoisotopic (exact) mass is 445 g/mol. The number of hydrogen-bond donors (Lipinski definition) is 3. The minimum absolute atomic E-state index is 0.0329. The number of fused-ring (bicyclic) bond motifs is 2. The van der Waals surface area contributed by atoms with Gasteiger partial charge in [0.2, 0.25) is 11.8 Å². The van der Waals surface area contributed by atoms with Crippen LogP contribution in [-0.2, 0) is 16.0 Å². The van der Waals surface area contributed by atoms with Crippen molar-refractivity contribution in [1.29, 1.82) is 0 Å². The lowest BCUT2D eigenvalue weighted by molar-refractivity contribution is -0.137. The van der Waals surface area contributed by atoms with Crippen LogP contribution in [0, 0.1) is 0 Å². The van der Waals surface area contributed by atoms with Gasteiger partial charge in [0.25, 0.3) is 0 Å². The molecule has 33 heavy (non-hydrogen) atoms. The summed E-state index contributed by atoms with van der Waals surface area (Å²) < 4.78 is 1.81. The molecule has 8 heteroatoms. The molecular formula is C25H27N5O3. The Balaban J connectivity index is 1.32. The van der Waals surface area contributed by atoms with Gasteiger partial charge < -0.3 is 20.2 Å². The number of rotatable bonds is 5.